The molecule has 1 atom stereocenters. The number of amides is 1. The summed E-state index contributed by atoms with van der Waals surface area (Å²) in [6.07, 6.45) is 3.26. The number of nitrogens with one attached hydrogen (secondary N) is 2. The molecule has 1 unspecified atom stereocenters. The first kappa shape index (κ1) is 13.8. The fraction of sp³-hybridized carbons (Fsp3) is 0.917. The van der Waals surface area contributed by atoms with Crippen LogP contribution in [0.25, 0.3) is 0 Å². The van der Waals surface area contributed by atoms with Crippen LogP contribution in [-0.4, -0.2) is 25.5 Å². The van der Waals surface area contributed by atoms with Crippen molar-refractivity contribution >= 4 is 18.3 Å². The molecule has 94 valence electrons. The maximum absolute atomic E-state index is 11.8. The summed E-state index contributed by atoms with van der Waals surface area (Å²) in [6, 6.07) is 0. The summed E-state index contributed by atoms with van der Waals surface area (Å²) in [7, 11) is 0. The first-order valence-corrected chi connectivity index (χ1v) is 6.08. The highest BCUT2D eigenvalue weighted by Gasteiger charge is 2.45. The minimum Gasteiger partial charge on any atom is -0.356 e. The van der Waals surface area contributed by atoms with E-state index in [1.807, 2.05) is 0 Å². The summed E-state index contributed by atoms with van der Waals surface area (Å²) in [5.74, 6) is 1.25. The molecule has 1 heterocycles. The zero-order valence-corrected chi connectivity index (χ0v) is 11.0. The van der Waals surface area contributed by atoms with Gasteiger partial charge in [0.1, 0.15) is 0 Å². The highest BCUT2D eigenvalue weighted by molar-refractivity contribution is 5.85. The van der Waals surface area contributed by atoms with Crippen LogP contribution in [0.1, 0.15) is 33.1 Å². The van der Waals surface area contributed by atoms with Gasteiger partial charge >= 0.3 is 0 Å². The fourth-order valence-electron chi connectivity index (χ4n) is 2.38. The van der Waals surface area contributed by atoms with Crippen molar-refractivity contribution in [2.75, 3.05) is 19.6 Å². The minimum absolute atomic E-state index is 0. The van der Waals surface area contributed by atoms with Crippen LogP contribution < -0.4 is 10.6 Å². The molecule has 2 rings (SSSR count). The number of hydrogen-bond donors (Lipinski definition) is 2. The normalized spacial score (nSPS) is 28.0. The van der Waals surface area contributed by atoms with E-state index in [4.69, 9.17) is 0 Å². The Labute approximate surface area is 104 Å². The van der Waals surface area contributed by atoms with E-state index in [0.29, 0.717) is 11.3 Å². The molecule has 0 spiro atoms. The SMILES string of the molecule is CC1(C)CC1CNC(=O)C1CCNCC1.Cl. The van der Waals surface area contributed by atoms with Gasteiger partial charge in [0, 0.05) is 12.5 Å². The predicted molar refractivity (Wildman–Crippen MR) is 67.7 cm³/mol. The van der Waals surface area contributed by atoms with Crippen LogP contribution >= 0.6 is 12.4 Å². The molecule has 1 saturated carbocycles. The molecule has 1 amide bonds. The van der Waals surface area contributed by atoms with Gasteiger partial charge in [-0.3, -0.25) is 4.79 Å². The smallest absolute Gasteiger partial charge is 0.223 e. The molecular formula is C12H23ClN2O. The quantitative estimate of drug-likeness (QED) is 0.794. The fourth-order valence-corrected chi connectivity index (χ4v) is 2.38. The zero-order chi connectivity index (χ0) is 10.9. The summed E-state index contributed by atoms with van der Waals surface area (Å²) in [6.45, 7) is 7.42. The van der Waals surface area contributed by atoms with Crippen molar-refractivity contribution in [3.8, 4) is 0 Å². The summed E-state index contributed by atoms with van der Waals surface area (Å²) in [5, 5.41) is 6.38. The maximum Gasteiger partial charge on any atom is 0.223 e. The monoisotopic (exact) mass is 246 g/mol. The van der Waals surface area contributed by atoms with Crippen molar-refractivity contribution in [2.45, 2.75) is 33.1 Å². The number of carbonyl (C=O) groups excluding carboxylic acids is 1. The zero-order valence-electron chi connectivity index (χ0n) is 10.2. The van der Waals surface area contributed by atoms with Gasteiger partial charge in [0.15, 0.2) is 0 Å². The van der Waals surface area contributed by atoms with Gasteiger partial charge in [-0.15, -0.1) is 12.4 Å². The van der Waals surface area contributed by atoms with Crippen LogP contribution in [0, 0.1) is 17.3 Å². The van der Waals surface area contributed by atoms with Crippen molar-refractivity contribution in [3.63, 3.8) is 0 Å². The highest BCUT2D eigenvalue weighted by Crippen LogP contribution is 2.50. The molecule has 16 heavy (non-hydrogen) atoms. The molecule has 0 aromatic heterocycles. The van der Waals surface area contributed by atoms with E-state index in [1.54, 1.807) is 0 Å². The second kappa shape index (κ2) is 5.37. The van der Waals surface area contributed by atoms with Crippen molar-refractivity contribution in [2.24, 2.45) is 17.3 Å². The number of carbonyl (C=O) groups is 1. The molecule has 0 aromatic carbocycles. The van der Waals surface area contributed by atoms with Gasteiger partial charge in [-0.05, 0) is 43.7 Å². The molecule has 0 aromatic rings. The Morgan fingerprint density at radius 2 is 1.94 bits per heavy atom. The summed E-state index contributed by atoms with van der Waals surface area (Å²) < 4.78 is 0. The van der Waals surface area contributed by atoms with Crippen LogP contribution in [0.2, 0.25) is 0 Å². The van der Waals surface area contributed by atoms with Gasteiger partial charge in [0.2, 0.25) is 5.91 Å². The van der Waals surface area contributed by atoms with Crippen LogP contribution in [-0.2, 0) is 4.79 Å². The lowest BCUT2D eigenvalue weighted by molar-refractivity contribution is -0.125. The average molecular weight is 247 g/mol. The molecule has 2 aliphatic rings. The molecule has 3 nitrogen and oxygen atoms in total. The summed E-state index contributed by atoms with van der Waals surface area (Å²) in [5.41, 5.74) is 0.474. The number of rotatable bonds is 3. The van der Waals surface area contributed by atoms with E-state index in [-0.39, 0.29) is 24.2 Å². The number of halogens is 1. The largest absolute Gasteiger partial charge is 0.356 e. The summed E-state index contributed by atoms with van der Waals surface area (Å²) in [4.78, 5) is 11.8. The standard InChI is InChI=1S/C12H22N2O.ClH/c1-12(2)7-10(12)8-14-11(15)9-3-5-13-6-4-9;/h9-10,13H,3-8H2,1-2H3,(H,14,15);1H. The predicted octanol–water partition coefficient (Wildman–Crippen LogP) is 1.57. The lowest BCUT2D eigenvalue weighted by atomic mass is 9.97. The van der Waals surface area contributed by atoms with Gasteiger partial charge < -0.3 is 10.6 Å². The van der Waals surface area contributed by atoms with Crippen LogP contribution in [0.5, 0.6) is 0 Å². The van der Waals surface area contributed by atoms with Crippen LogP contribution in [0.3, 0.4) is 0 Å². The van der Waals surface area contributed by atoms with Gasteiger partial charge in [-0.1, -0.05) is 13.8 Å². The van der Waals surface area contributed by atoms with Crippen LogP contribution in [0.4, 0.5) is 0 Å². The van der Waals surface area contributed by atoms with Crippen molar-refractivity contribution in [3.05, 3.63) is 0 Å². The van der Waals surface area contributed by atoms with Gasteiger partial charge in [0.05, 0.1) is 0 Å². The molecule has 0 radical (unpaired) electrons. The Hall–Kier alpha value is -0.280. The second-order valence-corrected chi connectivity index (χ2v) is 5.66. The highest BCUT2D eigenvalue weighted by atomic mass is 35.5. The molecule has 1 aliphatic heterocycles. The molecule has 1 aliphatic carbocycles. The van der Waals surface area contributed by atoms with E-state index in [9.17, 15) is 4.79 Å². The van der Waals surface area contributed by atoms with E-state index < -0.39 is 0 Å². The Morgan fingerprint density at radius 3 is 2.44 bits per heavy atom. The molecule has 2 N–H and O–H groups in total. The van der Waals surface area contributed by atoms with Gasteiger partial charge in [-0.2, -0.15) is 0 Å². The van der Waals surface area contributed by atoms with Crippen molar-refractivity contribution in [1.29, 1.82) is 0 Å². The third-order valence-corrected chi connectivity index (χ3v) is 3.95. The Bertz CT molecular complexity index is 249. The van der Waals surface area contributed by atoms with Gasteiger partial charge in [-0.25, -0.2) is 0 Å². The minimum atomic E-state index is 0. The molecule has 2 fully saturated rings. The van der Waals surface area contributed by atoms with E-state index in [0.717, 1.165) is 32.5 Å². The van der Waals surface area contributed by atoms with Crippen molar-refractivity contribution < 1.29 is 4.79 Å². The van der Waals surface area contributed by atoms with E-state index in [2.05, 4.69) is 24.5 Å². The third kappa shape index (κ3) is 3.36. The maximum atomic E-state index is 11.8. The summed E-state index contributed by atoms with van der Waals surface area (Å²) >= 11 is 0. The second-order valence-electron chi connectivity index (χ2n) is 5.66. The van der Waals surface area contributed by atoms with Crippen LogP contribution in [0.15, 0.2) is 0 Å². The number of piperidine rings is 1. The molecule has 1 saturated heterocycles. The van der Waals surface area contributed by atoms with Crippen molar-refractivity contribution in [1.82, 2.24) is 10.6 Å². The molecule has 4 heteroatoms. The number of hydrogen-bond acceptors (Lipinski definition) is 2. The van der Waals surface area contributed by atoms with Gasteiger partial charge in [0.25, 0.3) is 0 Å². The third-order valence-electron chi connectivity index (χ3n) is 3.95. The topological polar surface area (TPSA) is 41.1 Å². The van der Waals surface area contributed by atoms with E-state index in [1.165, 1.54) is 6.42 Å². The first-order valence-electron chi connectivity index (χ1n) is 6.08. The Balaban J connectivity index is 0.00000128. The first-order chi connectivity index (χ1) is 7.09. The lowest BCUT2D eigenvalue weighted by Crippen LogP contribution is -2.39. The lowest BCUT2D eigenvalue weighted by Gasteiger charge is -2.21. The Morgan fingerprint density at radius 1 is 1.38 bits per heavy atom. The molecular weight excluding hydrogens is 224 g/mol. The van der Waals surface area contributed by atoms with E-state index >= 15 is 0 Å². The Kier molecular flexibility index (Phi) is 4.62. The average Bonchev–Trinajstić information content (AvgIpc) is 2.84. The molecule has 0 bridgehead atoms.